The van der Waals surface area contributed by atoms with Crippen molar-refractivity contribution in [3.63, 3.8) is 0 Å². The highest BCUT2D eigenvalue weighted by molar-refractivity contribution is 5.70. The van der Waals surface area contributed by atoms with Crippen molar-refractivity contribution in [1.29, 1.82) is 0 Å². The first kappa shape index (κ1) is 14.1. The minimum absolute atomic E-state index is 0.0420. The number of benzene rings is 1. The fraction of sp³-hybridized carbons (Fsp3) is 0.462. The molecule has 1 aromatic rings. The van der Waals surface area contributed by atoms with Crippen LogP contribution in [0.4, 0.5) is 11.4 Å². The van der Waals surface area contributed by atoms with Gasteiger partial charge in [-0.15, -0.1) is 0 Å². The minimum atomic E-state index is -0.910. The van der Waals surface area contributed by atoms with Crippen LogP contribution in [0.1, 0.15) is 19.3 Å². The molecule has 108 valence electrons. The van der Waals surface area contributed by atoms with E-state index in [1.54, 1.807) is 12.1 Å². The number of ether oxygens (including phenoxy) is 1. The van der Waals surface area contributed by atoms with Crippen molar-refractivity contribution in [2.75, 3.05) is 18.6 Å². The third kappa shape index (κ3) is 3.17. The average Bonchev–Trinajstić information content (AvgIpc) is 3.23. The first-order valence-corrected chi connectivity index (χ1v) is 6.33. The largest absolute Gasteiger partial charge is 0.496 e. The molecule has 7 nitrogen and oxygen atoms in total. The Balaban J connectivity index is 2.31. The van der Waals surface area contributed by atoms with Gasteiger partial charge in [0.1, 0.15) is 11.4 Å². The number of nitrogens with zero attached hydrogens (tertiary/aromatic N) is 2. The molecule has 1 fully saturated rings. The van der Waals surface area contributed by atoms with Crippen molar-refractivity contribution < 1.29 is 19.6 Å². The summed E-state index contributed by atoms with van der Waals surface area (Å²) < 4.78 is 5.00. The molecule has 0 spiro atoms. The molecule has 0 aliphatic heterocycles. The van der Waals surface area contributed by atoms with E-state index in [0.717, 1.165) is 12.8 Å². The fourth-order valence-electron chi connectivity index (χ4n) is 2.12. The second kappa shape index (κ2) is 5.77. The molecule has 0 radical (unpaired) electrons. The molecular weight excluding hydrogens is 264 g/mol. The number of carbonyl (C=O) groups is 1. The number of hydrogen-bond donors (Lipinski definition) is 1. The van der Waals surface area contributed by atoms with E-state index < -0.39 is 10.9 Å². The van der Waals surface area contributed by atoms with Gasteiger partial charge in [-0.3, -0.25) is 14.9 Å². The van der Waals surface area contributed by atoms with Crippen LogP contribution in [0.3, 0.4) is 0 Å². The molecule has 1 saturated carbocycles. The molecular formula is C13H16N2O5. The highest BCUT2D eigenvalue weighted by Gasteiger charge is 2.33. The van der Waals surface area contributed by atoms with E-state index in [-0.39, 0.29) is 24.7 Å². The van der Waals surface area contributed by atoms with Gasteiger partial charge in [0.15, 0.2) is 0 Å². The highest BCUT2D eigenvalue weighted by atomic mass is 16.6. The number of aliphatic carboxylic acids is 1. The van der Waals surface area contributed by atoms with Crippen LogP contribution in [0.15, 0.2) is 18.2 Å². The summed E-state index contributed by atoms with van der Waals surface area (Å²) in [4.78, 5) is 23.2. The van der Waals surface area contributed by atoms with Gasteiger partial charge < -0.3 is 14.7 Å². The van der Waals surface area contributed by atoms with E-state index in [4.69, 9.17) is 9.84 Å². The molecule has 0 saturated heterocycles. The summed E-state index contributed by atoms with van der Waals surface area (Å²) in [5, 5.41) is 20.0. The van der Waals surface area contributed by atoms with Crippen LogP contribution in [0.25, 0.3) is 0 Å². The Kier molecular flexibility index (Phi) is 4.07. The smallest absolute Gasteiger partial charge is 0.305 e. The van der Waals surface area contributed by atoms with Crippen LogP contribution in [0.2, 0.25) is 0 Å². The molecule has 1 N–H and O–H groups in total. The summed E-state index contributed by atoms with van der Waals surface area (Å²) in [7, 11) is 1.45. The molecule has 0 heterocycles. The summed E-state index contributed by atoms with van der Waals surface area (Å²) in [6, 6.07) is 4.84. The Labute approximate surface area is 115 Å². The lowest BCUT2D eigenvalue weighted by atomic mass is 10.2. The van der Waals surface area contributed by atoms with Crippen LogP contribution >= 0.6 is 0 Å². The summed E-state index contributed by atoms with van der Waals surface area (Å²) in [5.74, 6) is -0.499. The van der Waals surface area contributed by atoms with E-state index in [9.17, 15) is 14.9 Å². The normalized spacial score (nSPS) is 13.8. The van der Waals surface area contributed by atoms with Gasteiger partial charge in [-0.05, 0) is 25.0 Å². The van der Waals surface area contributed by atoms with Crippen molar-refractivity contribution in [3.8, 4) is 5.75 Å². The molecule has 2 rings (SSSR count). The molecule has 7 heteroatoms. The van der Waals surface area contributed by atoms with Crippen molar-refractivity contribution in [3.05, 3.63) is 28.3 Å². The number of hydrogen-bond acceptors (Lipinski definition) is 5. The van der Waals surface area contributed by atoms with Crippen LogP contribution in [-0.2, 0) is 4.79 Å². The van der Waals surface area contributed by atoms with E-state index >= 15 is 0 Å². The molecule has 0 atom stereocenters. The summed E-state index contributed by atoms with van der Waals surface area (Å²) in [6.07, 6.45) is 1.82. The first-order chi connectivity index (χ1) is 9.52. The maximum atomic E-state index is 11.2. The second-order valence-electron chi connectivity index (χ2n) is 4.68. The van der Waals surface area contributed by atoms with Gasteiger partial charge in [-0.2, -0.15) is 0 Å². The van der Waals surface area contributed by atoms with Gasteiger partial charge >= 0.3 is 5.97 Å². The Morgan fingerprint density at radius 1 is 1.55 bits per heavy atom. The molecule has 20 heavy (non-hydrogen) atoms. The molecule has 0 bridgehead atoms. The van der Waals surface area contributed by atoms with Crippen LogP contribution in [-0.4, -0.2) is 35.7 Å². The zero-order chi connectivity index (χ0) is 14.7. The fourth-order valence-corrected chi connectivity index (χ4v) is 2.12. The standard InChI is InChI=1S/C13H16N2O5/c1-20-10-4-5-11(12(8-10)15(18)19)14(9-2-3-9)7-6-13(16)17/h4-5,8-9H,2-3,6-7H2,1H3,(H,16,17). The van der Waals surface area contributed by atoms with Gasteiger partial charge in [0.25, 0.3) is 5.69 Å². The second-order valence-corrected chi connectivity index (χ2v) is 4.68. The lowest BCUT2D eigenvalue weighted by molar-refractivity contribution is -0.384. The van der Waals surface area contributed by atoms with Crippen molar-refractivity contribution in [2.45, 2.75) is 25.3 Å². The van der Waals surface area contributed by atoms with E-state index in [1.807, 2.05) is 4.90 Å². The quantitative estimate of drug-likeness (QED) is 0.607. The number of nitro benzene ring substituents is 1. The maximum absolute atomic E-state index is 11.2. The SMILES string of the molecule is COc1ccc(N(CCC(=O)O)C2CC2)c([N+](=O)[O-])c1. The van der Waals surface area contributed by atoms with Crippen molar-refractivity contribution in [2.24, 2.45) is 0 Å². The minimum Gasteiger partial charge on any atom is -0.496 e. The number of anilines is 1. The zero-order valence-corrected chi connectivity index (χ0v) is 11.1. The number of carboxylic acids is 1. The van der Waals surface area contributed by atoms with Crippen molar-refractivity contribution in [1.82, 2.24) is 0 Å². The molecule has 0 unspecified atom stereocenters. The molecule has 1 aromatic carbocycles. The first-order valence-electron chi connectivity index (χ1n) is 6.33. The van der Waals surface area contributed by atoms with Gasteiger partial charge in [0.05, 0.1) is 24.5 Å². The number of carboxylic acid groups (broad SMARTS) is 1. The third-order valence-corrected chi connectivity index (χ3v) is 3.24. The van der Waals surface area contributed by atoms with Crippen molar-refractivity contribution >= 4 is 17.3 Å². The number of methoxy groups -OCH3 is 1. The monoisotopic (exact) mass is 280 g/mol. The Morgan fingerprint density at radius 3 is 2.75 bits per heavy atom. The lowest BCUT2D eigenvalue weighted by Crippen LogP contribution is -2.29. The molecule has 1 aliphatic rings. The van der Waals surface area contributed by atoms with E-state index in [2.05, 4.69) is 0 Å². The summed E-state index contributed by atoms with van der Waals surface area (Å²) in [5.41, 5.74) is 0.404. The molecule has 1 aliphatic carbocycles. The van der Waals surface area contributed by atoms with Gasteiger partial charge in [-0.1, -0.05) is 0 Å². The lowest BCUT2D eigenvalue weighted by Gasteiger charge is -2.23. The van der Waals surface area contributed by atoms with Gasteiger partial charge in [0.2, 0.25) is 0 Å². The zero-order valence-electron chi connectivity index (χ0n) is 11.1. The van der Waals surface area contributed by atoms with Gasteiger partial charge in [0, 0.05) is 12.6 Å². The highest BCUT2D eigenvalue weighted by Crippen LogP contribution is 2.38. The summed E-state index contributed by atoms with van der Waals surface area (Å²) in [6.45, 7) is 0.271. The Bertz CT molecular complexity index is 527. The van der Waals surface area contributed by atoms with Gasteiger partial charge in [-0.25, -0.2) is 0 Å². The average molecular weight is 280 g/mol. The molecule has 0 amide bonds. The Morgan fingerprint density at radius 2 is 2.25 bits per heavy atom. The molecule has 0 aromatic heterocycles. The Hall–Kier alpha value is -2.31. The maximum Gasteiger partial charge on any atom is 0.305 e. The van der Waals surface area contributed by atoms with E-state index in [0.29, 0.717) is 11.4 Å². The van der Waals surface area contributed by atoms with E-state index in [1.165, 1.54) is 13.2 Å². The number of rotatable bonds is 7. The topological polar surface area (TPSA) is 92.9 Å². The summed E-state index contributed by atoms with van der Waals surface area (Å²) >= 11 is 0. The predicted octanol–water partition coefficient (Wildman–Crippen LogP) is 2.05. The number of nitro groups is 1. The predicted molar refractivity (Wildman–Crippen MR) is 72.3 cm³/mol. The van der Waals surface area contributed by atoms with Crippen LogP contribution in [0.5, 0.6) is 5.75 Å². The van der Waals surface area contributed by atoms with Crippen LogP contribution in [0, 0.1) is 10.1 Å². The third-order valence-electron chi connectivity index (χ3n) is 3.24. The van der Waals surface area contributed by atoms with Crippen LogP contribution < -0.4 is 9.64 Å².